The number of esters is 1. The molecule has 5 heteroatoms. The van der Waals surface area contributed by atoms with Crippen LogP contribution in [0.25, 0.3) is 0 Å². The van der Waals surface area contributed by atoms with Crippen LogP contribution in [0.15, 0.2) is 42.5 Å². The van der Waals surface area contributed by atoms with Gasteiger partial charge in [-0.15, -0.1) is 0 Å². The number of aryl methyl sites for hydroxylation is 2. The number of rotatable bonds is 5. The van der Waals surface area contributed by atoms with Crippen LogP contribution in [0.1, 0.15) is 27.9 Å². The van der Waals surface area contributed by atoms with E-state index in [1.807, 2.05) is 31.2 Å². The Labute approximate surface area is 134 Å². The number of hydrogen-bond donors (Lipinski definition) is 2. The highest BCUT2D eigenvalue weighted by molar-refractivity contribution is 5.98. The van der Waals surface area contributed by atoms with Crippen molar-refractivity contribution in [1.82, 2.24) is 0 Å². The zero-order valence-electron chi connectivity index (χ0n) is 13.1. The molecule has 0 aliphatic carbocycles. The van der Waals surface area contributed by atoms with Crippen LogP contribution in [0.3, 0.4) is 0 Å². The number of amides is 1. The number of phenolic OH excluding ortho intramolecular Hbond substituents is 1. The zero-order chi connectivity index (χ0) is 16.8. The van der Waals surface area contributed by atoms with Crippen molar-refractivity contribution in [1.29, 1.82) is 0 Å². The Bertz CT molecular complexity index is 707. The quantitative estimate of drug-likeness (QED) is 0.657. The SMILES string of the molecule is COC(=O)c1cccc(NC(=O)CCc2ccc(C)cc2)c1O. The number of aromatic hydroxyl groups is 1. The van der Waals surface area contributed by atoms with Gasteiger partial charge in [-0.25, -0.2) is 4.79 Å². The fourth-order valence-electron chi connectivity index (χ4n) is 2.14. The first-order chi connectivity index (χ1) is 11.0. The summed E-state index contributed by atoms with van der Waals surface area (Å²) in [5, 5.41) is 12.7. The fraction of sp³-hybridized carbons (Fsp3) is 0.222. The van der Waals surface area contributed by atoms with E-state index in [1.165, 1.54) is 24.8 Å². The predicted molar refractivity (Wildman–Crippen MR) is 87.6 cm³/mol. The highest BCUT2D eigenvalue weighted by Crippen LogP contribution is 2.28. The van der Waals surface area contributed by atoms with Crippen molar-refractivity contribution in [3.8, 4) is 5.75 Å². The van der Waals surface area contributed by atoms with Crippen molar-refractivity contribution in [2.45, 2.75) is 19.8 Å². The average molecular weight is 313 g/mol. The van der Waals surface area contributed by atoms with E-state index >= 15 is 0 Å². The molecule has 0 bridgehead atoms. The minimum absolute atomic E-state index is 0.0174. The molecule has 23 heavy (non-hydrogen) atoms. The largest absolute Gasteiger partial charge is 0.505 e. The summed E-state index contributed by atoms with van der Waals surface area (Å²) in [6.45, 7) is 2.01. The fourth-order valence-corrected chi connectivity index (χ4v) is 2.14. The Balaban J connectivity index is 2.00. The molecule has 0 aromatic heterocycles. The molecular formula is C18H19NO4. The van der Waals surface area contributed by atoms with E-state index < -0.39 is 5.97 Å². The Morgan fingerprint density at radius 1 is 1.13 bits per heavy atom. The van der Waals surface area contributed by atoms with Gasteiger partial charge in [0.25, 0.3) is 0 Å². The van der Waals surface area contributed by atoms with Crippen LogP contribution < -0.4 is 5.32 Å². The first kappa shape index (κ1) is 16.5. The van der Waals surface area contributed by atoms with Crippen molar-refractivity contribution in [2.75, 3.05) is 12.4 Å². The number of phenols is 1. The van der Waals surface area contributed by atoms with Crippen LogP contribution in [0.5, 0.6) is 5.75 Å². The number of ether oxygens (including phenoxy) is 1. The summed E-state index contributed by atoms with van der Waals surface area (Å²) in [4.78, 5) is 23.5. The Morgan fingerprint density at radius 3 is 2.48 bits per heavy atom. The maximum atomic E-state index is 12.0. The molecule has 0 aliphatic rings. The predicted octanol–water partition coefficient (Wildman–Crippen LogP) is 3.06. The molecule has 0 radical (unpaired) electrons. The van der Waals surface area contributed by atoms with Gasteiger partial charge in [-0.2, -0.15) is 0 Å². The van der Waals surface area contributed by atoms with E-state index in [2.05, 4.69) is 10.1 Å². The lowest BCUT2D eigenvalue weighted by Gasteiger charge is -2.10. The van der Waals surface area contributed by atoms with E-state index in [4.69, 9.17) is 0 Å². The highest BCUT2D eigenvalue weighted by Gasteiger charge is 2.15. The van der Waals surface area contributed by atoms with Gasteiger partial charge in [-0.05, 0) is 31.0 Å². The molecule has 2 rings (SSSR count). The average Bonchev–Trinajstić information content (AvgIpc) is 2.55. The third kappa shape index (κ3) is 4.32. The van der Waals surface area contributed by atoms with Gasteiger partial charge in [0.05, 0.1) is 12.8 Å². The molecule has 2 aromatic rings. The van der Waals surface area contributed by atoms with Crippen LogP contribution in [-0.2, 0) is 16.0 Å². The standard InChI is InChI=1S/C18H19NO4/c1-12-6-8-13(9-7-12)10-11-16(20)19-15-5-3-4-14(17(15)21)18(22)23-2/h3-9,21H,10-11H2,1-2H3,(H,19,20). The third-order valence-electron chi connectivity index (χ3n) is 3.48. The van der Waals surface area contributed by atoms with Gasteiger partial charge in [0.1, 0.15) is 5.56 Å². The van der Waals surface area contributed by atoms with Crippen LogP contribution in [0.2, 0.25) is 0 Å². The molecular weight excluding hydrogens is 294 g/mol. The number of carbonyl (C=O) groups is 2. The van der Waals surface area contributed by atoms with E-state index in [-0.39, 0.29) is 29.3 Å². The number of nitrogens with one attached hydrogen (secondary N) is 1. The van der Waals surface area contributed by atoms with Crippen molar-refractivity contribution in [3.05, 3.63) is 59.2 Å². The Hall–Kier alpha value is -2.82. The first-order valence-electron chi connectivity index (χ1n) is 7.27. The zero-order valence-corrected chi connectivity index (χ0v) is 13.1. The van der Waals surface area contributed by atoms with E-state index in [1.54, 1.807) is 6.07 Å². The number of anilines is 1. The molecule has 1 amide bonds. The maximum absolute atomic E-state index is 12.0. The van der Waals surface area contributed by atoms with Gasteiger partial charge >= 0.3 is 5.97 Å². The molecule has 0 saturated heterocycles. The monoisotopic (exact) mass is 313 g/mol. The molecule has 0 aliphatic heterocycles. The Kier molecular flexibility index (Phi) is 5.36. The van der Waals surface area contributed by atoms with Gasteiger partial charge in [-0.3, -0.25) is 4.79 Å². The molecule has 0 saturated carbocycles. The number of methoxy groups -OCH3 is 1. The van der Waals surface area contributed by atoms with Gasteiger partial charge in [-0.1, -0.05) is 35.9 Å². The molecule has 5 nitrogen and oxygen atoms in total. The van der Waals surface area contributed by atoms with E-state index in [9.17, 15) is 14.7 Å². The topological polar surface area (TPSA) is 75.6 Å². The van der Waals surface area contributed by atoms with E-state index in [0.717, 1.165) is 5.56 Å². The van der Waals surface area contributed by atoms with Crippen LogP contribution in [0, 0.1) is 6.92 Å². The lowest BCUT2D eigenvalue weighted by Crippen LogP contribution is -2.13. The molecule has 2 N–H and O–H groups in total. The summed E-state index contributed by atoms with van der Waals surface area (Å²) in [7, 11) is 1.23. The third-order valence-corrected chi connectivity index (χ3v) is 3.48. The Morgan fingerprint density at radius 2 is 1.83 bits per heavy atom. The summed E-state index contributed by atoms with van der Waals surface area (Å²) in [6.07, 6.45) is 0.883. The summed E-state index contributed by atoms with van der Waals surface area (Å²) in [6, 6.07) is 12.5. The second-order valence-corrected chi connectivity index (χ2v) is 5.23. The first-order valence-corrected chi connectivity index (χ1v) is 7.27. The minimum Gasteiger partial charge on any atom is -0.505 e. The summed E-state index contributed by atoms with van der Waals surface area (Å²) < 4.78 is 4.58. The molecule has 2 aromatic carbocycles. The van der Waals surface area contributed by atoms with Gasteiger partial charge < -0.3 is 15.2 Å². The molecule has 120 valence electrons. The van der Waals surface area contributed by atoms with Crippen LogP contribution in [0.4, 0.5) is 5.69 Å². The minimum atomic E-state index is -0.654. The lowest BCUT2D eigenvalue weighted by molar-refractivity contribution is -0.116. The maximum Gasteiger partial charge on any atom is 0.341 e. The lowest BCUT2D eigenvalue weighted by atomic mass is 10.1. The molecule has 0 heterocycles. The molecule has 0 spiro atoms. The molecule has 0 atom stereocenters. The van der Waals surface area contributed by atoms with Crippen LogP contribution >= 0.6 is 0 Å². The summed E-state index contributed by atoms with van der Waals surface area (Å²) in [5.74, 6) is -1.18. The molecule has 0 unspecified atom stereocenters. The summed E-state index contributed by atoms with van der Waals surface area (Å²) in [5.41, 5.74) is 2.45. The van der Waals surface area contributed by atoms with E-state index in [0.29, 0.717) is 6.42 Å². The van der Waals surface area contributed by atoms with Crippen molar-refractivity contribution in [2.24, 2.45) is 0 Å². The number of hydrogen-bond acceptors (Lipinski definition) is 4. The number of para-hydroxylation sites is 1. The van der Waals surface area contributed by atoms with Gasteiger partial charge in [0.15, 0.2) is 5.75 Å². The normalized spacial score (nSPS) is 10.2. The second kappa shape index (κ2) is 7.45. The number of carbonyl (C=O) groups excluding carboxylic acids is 2. The summed E-state index contributed by atoms with van der Waals surface area (Å²) >= 11 is 0. The number of benzene rings is 2. The van der Waals surface area contributed by atoms with Crippen LogP contribution in [-0.4, -0.2) is 24.1 Å². The van der Waals surface area contributed by atoms with Gasteiger partial charge in [0, 0.05) is 6.42 Å². The van der Waals surface area contributed by atoms with Crippen molar-refractivity contribution < 1.29 is 19.4 Å². The van der Waals surface area contributed by atoms with Crippen molar-refractivity contribution >= 4 is 17.6 Å². The van der Waals surface area contributed by atoms with Gasteiger partial charge in [0.2, 0.25) is 5.91 Å². The van der Waals surface area contributed by atoms with Crippen molar-refractivity contribution in [3.63, 3.8) is 0 Å². The highest BCUT2D eigenvalue weighted by atomic mass is 16.5. The smallest absolute Gasteiger partial charge is 0.341 e. The molecule has 0 fully saturated rings. The second-order valence-electron chi connectivity index (χ2n) is 5.23.